The van der Waals surface area contributed by atoms with Gasteiger partial charge in [-0.3, -0.25) is 4.79 Å². The third-order valence-corrected chi connectivity index (χ3v) is 6.74. The molecule has 0 aliphatic carbocycles. The summed E-state index contributed by atoms with van der Waals surface area (Å²) >= 11 is 4.80. The highest BCUT2D eigenvalue weighted by atomic mass is 79.9. The number of esters is 1. The Balaban J connectivity index is 1.89. The van der Waals surface area contributed by atoms with Crippen molar-refractivity contribution >= 4 is 50.2 Å². The van der Waals surface area contributed by atoms with Crippen LogP contribution in [0.3, 0.4) is 0 Å². The molecule has 0 aliphatic rings. The summed E-state index contributed by atoms with van der Waals surface area (Å²) in [6.45, 7) is 6.77. The number of benzene rings is 2. The van der Waals surface area contributed by atoms with Crippen LogP contribution in [-0.2, 0) is 9.53 Å². The van der Waals surface area contributed by atoms with Crippen LogP contribution in [-0.4, -0.2) is 39.3 Å². The molecular formula is C27H28BrNO6S. The van der Waals surface area contributed by atoms with Crippen molar-refractivity contribution in [1.29, 1.82) is 0 Å². The van der Waals surface area contributed by atoms with Gasteiger partial charge >= 0.3 is 5.97 Å². The lowest BCUT2D eigenvalue weighted by atomic mass is 10.0. The van der Waals surface area contributed by atoms with Crippen molar-refractivity contribution in [2.24, 2.45) is 0 Å². The van der Waals surface area contributed by atoms with E-state index in [9.17, 15) is 9.59 Å². The van der Waals surface area contributed by atoms with Crippen LogP contribution in [0.4, 0.5) is 5.00 Å². The van der Waals surface area contributed by atoms with E-state index in [0.717, 1.165) is 21.8 Å². The molecule has 3 rings (SSSR count). The summed E-state index contributed by atoms with van der Waals surface area (Å²) in [7, 11) is 2.87. The second kappa shape index (κ2) is 12.6. The minimum Gasteiger partial charge on any atom is -0.494 e. The number of ether oxygens (including phenoxy) is 4. The predicted molar refractivity (Wildman–Crippen MR) is 147 cm³/mol. The van der Waals surface area contributed by atoms with E-state index in [1.165, 1.54) is 24.5 Å². The summed E-state index contributed by atoms with van der Waals surface area (Å²) < 4.78 is 22.3. The van der Waals surface area contributed by atoms with E-state index in [1.807, 2.05) is 51.1 Å². The summed E-state index contributed by atoms with van der Waals surface area (Å²) in [5.41, 5.74) is 2.60. The SMILES string of the molecule is CCOc1ccc(-c2c(C)sc(NC(=O)C=Cc3cc(Br)c(OCC)c(OC)c3)c2C(=O)OC)cc1. The van der Waals surface area contributed by atoms with Gasteiger partial charge in [-0.25, -0.2) is 4.79 Å². The maximum atomic E-state index is 12.8. The van der Waals surface area contributed by atoms with Gasteiger partial charge in [-0.2, -0.15) is 0 Å². The molecule has 1 heterocycles. The quantitative estimate of drug-likeness (QED) is 0.214. The van der Waals surface area contributed by atoms with E-state index < -0.39 is 5.97 Å². The largest absolute Gasteiger partial charge is 0.494 e. The molecule has 7 nitrogen and oxygen atoms in total. The van der Waals surface area contributed by atoms with Gasteiger partial charge in [0, 0.05) is 16.5 Å². The summed E-state index contributed by atoms with van der Waals surface area (Å²) in [6, 6.07) is 11.1. The Morgan fingerprint density at radius 3 is 2.36 bits per heavy atom. The first-order chi connectivity index (χ1) is 17.3. The van der Waals surface area contributed by atoms with E-state index in [0.29, 0.717) is 45.3 Å². The van der Waals surface area contributed by atoms with Crippen molar-refractivity contribution in [3.05, 3.63) is 63.0 Å². The summed E-state index contributed by atoms with van der Waals surface area (Å²) in [5, 5.41) is 3.25. The number of rotatable bonds is 10. The van der Waals surface area contributed by atoms with Crippen LogP contribution in [0.25, 0.3) is 17.2 Å². The number of amides is 1. The fraction of sp³-hybridized carbons (Fsp3) is 0.259. The lowest BCUT2D eigenvalue weighted by molar-refractivity contribution is -0.111. The topological polar surface area (TPSA) is 83.1 Å². The number of anilines is 1. The van der Waals surface area contributed by atoms with Crippen molar-refractivity contribution in [2.75, 3.05) is 32.8 Å². The molecule has 0 fully saturated rings. The van der Waals surface area contributed by atoms with Crippen LogP contribution >= 0.6 is 27.3 Å². The maximum absolute atomic E-state index is 12.8. The van der Waals surface area contributed by atoms with Crippen LogP contribution < -0.4 is 19.5 Å². The van der Waals surface area contributed by atoms with Gasteiger partial charge in [0.15, 0.2) is 11.5 Å². The second-order valence-corrected chi connectivity index (χ2v) is 9.56. The van der Waals surface area contributed by atoms with Gasteiger partial charge in [0.25, 0.3) is 0 Å². The zero-order chi connectivity index (χ0) is 26.2. The van der Waals surface area contributed by atoms with E-state index >= 15 is 0 Å². The highest BCUT2D eigenvalue weighted by molar-refractivity contribution is 9.10. The van der Waals surface area contributed by atoms with Gasteiger partial charge in [-0.1, -0.05) is 12.1 Å². The molecule has 0 bridgehead atoms. The lowest BCUT2D eigenvalue weighted by Gasteiger charge is -2.12. The monoisotopic (exact) mass is 573 g/mol. The van der Waals surface area contributed by atoms with Crippen LogP contribution in [0.15, 0.2) is 46.9 Å². The number of thiophene rings is 1. The normalized spacial score (nSPS) is 10.8. The Bertz CT molecular complexity index is 1270. The molecule has 0 radical (unpaired) electrons. The molecule has 0 aliphatic heterocycles. The Hall–Kier alpha value is -3.30. The second-order valence-electron chi connectivity index (χ2n) is 7.48. The standard InChI is InChI=1S/C27H28BrNO6S/c1-6-34-19-11-9-18(10-12-19)23-16(3)36-26(24(23)27(31)33-5)29-22(30)13-8-17-14-20(28)25(35-7-2)21(15-17)32-4/h8-15H,6-7H2,1-5H3,(H,29,30). The highest BCUT2D eigenvalue weighted by Gasteiger charge is 2.25. The number of hydrogen-bond acceptors (Lipinski definition) is 7. The number of hydrogen-bond donors (Lipinski definition) is 1. The molecule has 0 unspecified atom stereocenters. The average Bonchev–Trinajstić information content (AvgIpc) is 3.19. The molecule has 9 heteroatoms. The van der Waals surface area contributed by atoms with Crippen molar-refractivity contribution in [2.45, 2.75) is 20.8 Å². The molecule has 2 aromatic carbocycles. The average molecular weight is 574 g/mol. The van der Waals surface area contributed by atoms with Crippen molar-refractivity contribution in [3.8, 4) is 28.4 Å². The third kappa shape index (κ3) is 6.27. The Morgan fingerprint density at radius 2 is 1.75 bits per heavy atom. The molecule has 1 amide bonds. The number of nitrogens with one attached hydrogen (secondary N) is 1. The molecule has 0 saturated heterocycles. The minimum absolute atomic E-state index is 0.316. The van der Waals surface area contributed by atoms with Gasteiger partial charge < -0.3 is 24.3 Å². The van der Waals surface area contributed by atoms with Gasteiger partial charge in [0.1, 0.15) is 16.3 Å². The van der Waals surface area contributed by atoms with E-state index in [2.05, 4.69) is 21.2 Å². The van der Waals surface area contributed by atoms with Gasteiger partial charge in [-0.05, 0) is 78.2 Å². The van der Waals surface area contributed by atoms with Gasteiger partial charge in [0.05, 0.1) is 31.9 Å². The number of halogens is 1. The Labute approximate surface area is 223 Å². The summed E-state index contributed by atoms with van der Waals surface area (Å²) in [5.74, 6) is 0.977. The van der Waals surface area contributed by atoms with Crippen molar-refractivity contribution in [3.63, 3.8) is 0 Å². The van der Waals surface area contributed by atoms with E-state index in [1.54, 1.807) is 19.3 Å². The smallest absolute Gasteiger partial charge is 0.341 e. The molecule has 190 valence electrons. The first-order valence-electron chi connectivity index (χ1n) is 11.3. The van der Waals surface area contributed by atoms with Crippen LogP contribution in [0.1, 0.15) is 34.6 Å². The zero-order valence-corrected chi connectivity index (χ0v) is 23.2. The minimum atomic E-state index is -0.525. The van der Waals surface area contributed by atoms with E-state index in [4.69, 9.17) is 18.9 Å². The molecule has 1 N–H and O–H groups in total. The first kappa shape index (κ1) is 27.3. The number of carbonyl (C=O) groups is 2. The first-order valence-corrected chi connectivity index (χ1v) is 12.9. The Kier molecular flexibility index (Phi) is 9.55. The lowest BCUT2D eigenvalue weighted by Crippen LogP contribution is -2.11. The fourth-order valence-electron chi connectivity index (χ4n) is 3.61. The maximum Gasteiger partial charge on any atom is 0.341 e. The Morgan fingerprint density at radius 1 is 1.06 bits per heavy atom. The van der Waals surface area contributed by atoms with Crippen LogP contribution in [0.5, 0.6) is 17.2 Å². The predicted octanol–water partition coefficient (Wildman–Crippen LogP) is 6.73. The molecule has 3 aromatic rings. The molecule has 36 heavy (non-hydrogen) atoms. The number of methoxy groups -OCH3 is 2. The van der Waals surface area contributed by atoms with Crippen LogP contribution in [0, 0.1) is 6.92 Å². The molecular weight excluding hydrogens is 546 g/mol. The number of carbonyl (C=O) groups excluding carboxylic acids is 2. The van der Waals surface area contributed by atoms with Gasteiger partial charge in [-0.15, -0.1) is 11.3 Å². The highest BCUT2D eigenvalue weighted by Crippen LogP contribution is 2.41. The zero-order valence-electron chi connectivity index (χ0n) is 20.8. The molecule has 0 spiro atoms. The van der Waals surface area contributed by atoms with E-state index in [-0.39, 0.29) is 5.91 Å². The summed E-state index contributed by atoms with van der Waals surface area (Å²) in [4.78, 5) is 26.4. The third-order valence-electron chi connectivity index (χ3n) is 5.13. The van der Waals surface area contributed by atoms with Crippen molar-refractivity contribution in [1.82, 2.24) is 0 Å². The summed E-state index contributed by atoms with van der Waals surface area (Å²) in [6.07, 6.45) is 3.05. The van der Waals surface area contributed by atoms with Crippen molar-refractivity contribution < 1.29 is 28.5 Å². The molecule has 1 aromatic heterocycles. The number of aryl methyl sites for hydroxylation is 1. The fourth-order valence-corrected chi connectivity index (χ4v) is 5.25. The molecule has 0 atom stereocenters. The van der Waals surface area contributed by atoms with Crippen LogP contribution in [0.2, 0.25) is 0 Å². The molecule has 0 saturated carbocycles. The van der Waals surface area contributed by atoms with Gasteiger partial charge in [0.2, 0.25) is 5.91 Å².